The monoisotopic (exact) mass is 436 g/mol. The van der Waals surface area contributed by atoms with Crippen LogP contribution in [0.25, 0.3) is 22.2 Å². The van der Waals surface area contributed by atoms with Crippen molar-refractivity contribution in [2.45, 2.75) is 39.3 Å². The summed E-state index contributed by atoms with van der Waals surface area (Å²) < 4.78 is 40.3. The predicted octanol–water partition coefficient (Wildman–Crippen LogP) is 7.06. The number of halogens is 3. The Hall–Kier alpha value is -3.48. The quantitative estimate of drug-likeness (QED) is 0.373. The van der Waals surface area contributed by atoms with Crippen molar-refractivity contribution in [3.05, 3.63) is 77.7 Å². The van der Waals surface area contributed by atoms with Crippen molar-refractivity contribution in [2.24, 2.45) is 0 Å². The van der Waals surface area contributed by atoms with Gasteiger partial charge in [0.2, 0.25) is 0 Å². The molecule has 2 aromatic heterocycles. The summed E-state index contributed by atoms with van der Waals surface area (Å²) in [4.78, 5) is 12.9. The minimum Gasteiger partial charge on any atom is -0.340 e. The second-order valence-corrected chi connectivity index (χ2v) is 8.70. The molecule has 7 heteroatoms. The highest BCUT2D eigenvalue weighted by Gasteiger charge is 2.34. The summed E-state index contributed by atoms with van der Waals surface area (Å²) >= 11 is 0. The molecule has 4 rings (SSSR count). The fourth-order valence-corrected chi connectivity index (χ4v) is 3.54. The maximum absolute atomic E-state index is 13.4. The molecule has 0 aliphatic carbocycles. The molecule has 32 heavy (non-hydrogen) atoms. The van der Waals surface area contributed by atoms with Crippen molar-refractivity contribution < 1.29 is 13.2 Å². The van der Waals surface area contributed by atoms with Crippen molar-refractivity contribution in [3.8, 4) is 11.3 Å². The SMILES string of the molecule is Cc1nc(Nc2ccc(C(C)(C)C)cc2)c2ccc(-c3ncccc3C(F)(F)F)cc2n1. The van der Waals surface area contributed by atoms with Gasteiger partial charge in [0.1, 0.15) is 11.6 Å². The fourth-order valence-electron chi connectivity index (χ4n) is 3.54. The topological polar surface area (TPSA) is 50.7 Å². The lowest BCUT2D eigenvalue weighted by molar-refractivity contribution is -0.137. The Labute approximate surface area is 184 Å². The number of hydrogen-bond acceptors (Lipinski definition) is 4. The number of aryl methyl sites for hydroxylation is 1. The Kier molecular flexibility index (Phi) is 5.36. The van der Waals surface area contributed by atoms with E-state index in [1.165, 1.54) is 17.8 Å². The van der Waals surface area contributed by atoms with Gasteiger partial charge in [-0.15, -0.1) is 0 Å². The maximum Gasteiger partial charge on any atom is 0.418 e. The fraction of sp³-hybridized carbons (Fsp3) is 0.240. The van der Waals surface area contributed by atoms with Crippen LogP contribution >= 0.6 is 0 Å². The van der Waals surface area contributed by atoms with E-state index in [0.29, 0.717) is 28.1 Å². The molecule has 0 amide bonds. The molecule has 4 nitrogen and oxygen atoms in total. The first-order chi connectivity index (χ1) is 15.0. The Morgan fingerprint density at radius 3 is 2.25 bits per heavy atom. The van der Waals surface area contributed by atoms with Crippen LogP contribution in [0.2, 0.25) is 0 Å². The molecular weight excluding hydrogens is 413 g/mol. The number of aromatic nitrogens is 3. The largest absolute Gasteiger partial charge is 0.418 e. The predicted molar refractivity (Wildman–Crippen MR) is 121 cm³/mol. The zero-order valence-corrected chi connectivity index (χ0v) is 18.2. The van der Waals surface area contributed by atoms with Crippen LogP contribution in [0.3, 0.4) is 0 Å². The first-order valence-electron chi connectivity index (χ1n) is 10.2. The van der Waals surface area contributed by atoms with Gasteiger partial charge in [0.05, 0.1) is 16.8 Å². The maximum atomic E-state index is 13.4. The highest BCUT2D eigenvalue weighted by molar-refractivity contribution is 5.93. The number of pyridine rings is 1. The third-order valence-electron chi connectivity index (χ3n) is 5.21. The number of benzene rings is 2. The standard InChI is InChI=1S/C25H23F3N4/c1-15-30-21-14-16(22-20(25(26,27)28)6-5-13-29-22)7-12-19(21)23(31-15)32-18-10-8-17(9-11-18)24(2,3)4/h5-14H,1-4H3,(H,30,31,32). The summed E-state index contributed by atoms with van der Waals surface area (Å²) in [5.74, 6) is 1.11. The molecule has 0 saturated heterocycles. The number of nitrogens with one attached hydrogen (secondary N) is 1. The summed E-state index contributed by atoms with van der Waals surface area (Å²) in [5.41, 5.74) is 2.13. The smallest absolute Gasteiger partial charge is 0.340 e. The molecule has 0 unspecified atom stereocenters. The molecule has 0 aliphatic rings. The van der Waals surface area contributed by atoms with Gasteiger partial charge in [0.25, 0.3) is 0 Å². The number of rotatable bonds is 3. The number of alkyl halides is 3. The number of anilines is 2. The van der Waals surface area contributed by atoms with Crippen LogP contribution in [0.15, 0.2) is 60.8 Å². The first kappa shape index (κ1) is 21.7. The van der Waals surface area contributed by atoms with E-state index in [1.54, 1.807) is 25.1 Å². The molecule has 0 aliphatic heterocycles. The molecule has 4 aromatic rings. The minimum absolute atomic E-state index is 0.0495. The zero-order valence-electron chi connectivity index (χ0n) is 18.2. The van der Waals surface area contributed by atoms with E-state index in [9.17, 15) is 13.2 Å². The van der Waals surface area contributed by atoms with Crippen molar-refractivity contribution >= 4 is 22.4 Å². The molecule has 0 atom stereocenters. The molecule has 2 heterocycles. The van der Waals surface area contributed by atoms with E-state index >= 15 is 0 Å². The van der Waals surface area contributed by atoms with Gasteiger partial charge in [-0.05, 0) is 54.3 Å². The number of fused-ring (bicyclic) bond motifs is 1. The van der Waals surface area contributed by atoms with Gasteiger partial charge in [-0.1, -0.05) is 39.0 Å². The van der Waals surface area contributed by atoms with Gasteiger partial charge in [-0.2, -0.15) is 13.2 Å². The van der Waals surface area contributed by atoms with Crippen molar-refractivity contribution in [3.63, 3.8) is 0 Å². The summed E-state index contributed by atoms with van der Waals surface area (Å²) in [6.45, 7) is 8.21. The lowest BCUT2D eigenvalue weighted by atomic mass is 9.87. The Balaban J connectivity index is 1.75. The molecule has 1 N–H and O–H groups in total. The summed E-state index contributed by atoms with van der Waals surface area (Å²) in [6, 6.07) is 15.4. The van der Waals surface area contributed by atoms with E-state index < -0.39 is 11.7 Å². The minimum atomic E-state index is -4.49. The van der Waals surface area contributed by atoms with Crippen molar-refractivity contribution in [1.82, 2.24) is 15.0 Å². The van der Waals surface area contributed by atoms with Gasteiger partial charge in [-0.3, -0.25) is 4.98 Å². The molecule has 164 valence electrons. The molecule has 0 radical (unpaired) electrons. The van der Waals surface area contributed by atoms with E-state index in [4.69, 9.17) is 0 Å². The van der Waals surface area contributed by atoms with E-state index in [0.717, 1.165) is 11.8 Å². The normalized spacial score (nSPS) is 12.2. The van der Waals surface area contributed by atoms with Crippen LogP contribution in [0.5, 0.6) is 0 Å². The van der Waals surface area contributed by atoms with Crippen LogP contribution in [0, 0.1) is 6.92 Å². The average molecular weight is 436 g/mol. The summed E-state index contributed by atoms with van der Waals surface area (Å²) in [6.07, 6.45) is -3.14. The van der Waals surface area contributed by atoms with Crippen molar-refractivity contribution in [2.75, 3.05) is 5.32 Å². The van der Waals surface area contributed by atoms with E-state index in [-0.39, 0.29) is 11.1 Å². The molecule has 0 fully saturated rings. The van der Waals surface area contributed by atoms with Gasteiger partial charge in [0.15, 0.2) is 0 Å². The Bertz CT molecular complexity index is 1270. The van der Waals surface area contributed by atoms with Crippen LogP contribution in [-0.4, -0.2) is 15.0 Å². The summed E-state index contributed by atoms with van der Waals surface area (Å²) in [7, 11) is 0. The second-order valence-electron chi connectivity index (χ2n) is 8.70. The van der Waals surface area contributed by atoms with Crippen molar-refractivity contribution in [1.29, 1.82) is 0 Å². The van der Waals surface area contributed by atoms with Crippen LogP contribution in [-0.2, 0) is 11.6 Å². The zero-order chi connectivity index (χ0) is 23.1. The molecule has 0 saturated carbocycles. The highest BCUT2D eigenvalue weighted by atomic mass is 19.4. The van der Waals surface area contributed by atoms with Crippen LogP contribution in [0.1, 0.15) is 37.7 Å². The van der Waals surface area contributed by atoms with E-state index in [2.05, 4.69) is 53.2 Å². The average Bonchev–Trinajstić information content (AvgIpc) is 2.72. The molecule has 0 spiro atoms. The van der Waals surface area contributed by atoms with Gasteiger partial charge in [0, 0.05) is 22.8 Å². The summed E-state index contributed by atoms with van der Waals surface area (Å²) in [5, 5.41) is 4.03. The molecular formula is C25H23F3N4. The lowest BCUT2D eigenvalue weighted by Crippen LogP contribution is -2.10. The highest BCUT2D eigenvalue weighted by Crippen LogP contribution is 2.37. The number of nitrogens with zero attached hydrogens (tertiary/aromatic N) is 3. The van der Waals surface area contributed by atoms with Crippen LogP contribution < -0.4 is 5.32 Å². The van der Waals surface area contributed by atoms with Gasteiger partial charge < -0.3 is 5.32 Å². The van der Waals surface area contributed by atoms with Crippen LogP contribution in [0.4, 0.5) is 24.7 Å². The van der Waals surface area contributed by atoms with Gasteiger partial charge >= 0.3 is 6.18 Å². The first-order valence-corrected chi connectivity index (χ1v) is 10.2. The number of hydrogen-bond donors (Lipinski definition) is 1. The third-order valence-corrected chi connectivity index (χ3v) is 5.21. The second kappa shape index (κ2) is 7.89. The van der Waals surface area contributed by atoms with E-state index in [1.807, 2.05) is 12.1 Å². The third kappa shape index (κ3) is 4.42. The van der Waals surface area contributed by atoms with Gasteiger partial charge in [-0.25, -0.2) is 9.97 Å². The Morgan fingerprint density at radius 1 is 0.875 bits per heavy atom. The lowest BCUT2D eigenvalue weighted by Gasteiger charge is -2.19. The molecule has 2 aromatic carbocycles. The molecule has 0 bridgehead atoms. The Morgan fingerprint density at radius 2 is 1.59 bits per heavy atom.